The summed E-state index contributed by atoms with van der Waals surface area (Å²) in [4.78, 5) is 11.2. The lowest BCUT2D eigenvalue weighted by molar-refractivity contribution is -0.122. The summed E-state index contributed by atoms with van der Waals surface area (Å²) in [5.74, 6) is 0.603. The topological polar surface area (TPSA) is 50.4 Å². The van der Waals surface area contributed by atoms with E-state index in [0.29, 0.717) is 0 Å². The van der Waals surface area contributed by atoms with Gasteiger partial charge in [-0.15, -0.1) is 0 Å². The molecule has 5 heteroatoms. The zero-order valence-electron chi connectivity index (χ0n) is 11.6. The molecule has 1 aromatic carbocycles. The van der Waals surface area contributed by atoms with Crippen LogP contribution in [-0.4, -0.2) is 26.1 Å². The Labute approximate surface area is 123 Å². The van der Waals surface area contributed by atoms with Crippen LogP contribution < -0.4 is 15.4 Å². The average Bonchev–Trinajstić information content (AvgIpc) is 2.42. The molecule has 0 fully saturated rings. The van der Waals surface area contributed by atoms with Gasteiger partial charge in [0.05, 0.1) is 0 Å². The molecule has 106 valence electrons. The second-order valence-electron chi connectivity index (χ2n) is 4.32. The highest BCUT2D eigenvalue weighted by Crippen LogP contribution is 2.28. The van der Waals surface area contributed by atoms with Crippen LogP contribution in [0.5, 0.6) is 5.75 Å². The number of carbonyl (C=O) groups excluding carboxylic acids is 1. The number of benzene rings is 1. The summed E-state index contributed by atoms with van der Waals surface area (Å²) in [5.41, 5.74) is 1.05. The van der Waals surface area contributed by atoms with Crippen LogP contribution in [0.3, 0.4) is 0 Å². The normalized spacial score (nSPS) is 12.0. The molecule has 4 nitrogen and oxygen atoms in total. The third kappa shape index (κ3) is 5.20. The van der Waals surface area contributed by atoms with E-state index in [4.69, 9.17) is 4.74 Å². The molecule has 0 saturated carbocycles. The Hall–Kier alpha value is -1.07. The van der Waals surface area contributed by atoms with Crippen molar-refractivity contribution in [1.82, 2.24) is 10.6 Å². The van der Waals surface area contributed by atoms with Crippen molar-refractivity contribution in [2.24, 2.45) is 0 Å². The number of ether oxygens (including phenoxy) is 1. The Morgan fingerprint density at radius 1 is 1.47 bits per heavy atom. The van der Waals surface area contributed by atoms with Gasteiger partial charge in [0, 0.05) is 23.1 Å². The molecule has 1 aromatic rings. The van der Waals surface area contributed by atoms with Crippen molar-refractivity contribution in [3.63, 3.8) is 0 Å². The van der Waals surface area contributed by atoms with Gasteiger partial charge in [0.25, 0.3) is 5.91 Å². The van der Waals surface area contributed by atoms with Gasteiger partial charge in [0.1, 0.15) is 5.75 Å². The van der Waals surface area contributed by atoms with Crippen molar-refractivity contribution in [1.29, 1.82) is 0 Å². The molecule has 0 spiro atoms. The fourth-order valence-electron chi connectivity index (χ4n) is 1.68. The van der Waals surface area contributed by atoms with Crippen LogP contribution in [0, 0.1) is 0 Å². The van der Waals surface area contributed by atoms with E-state index in [1.54, 1.807) is 7.05 Å². The van der Waals surface area contributed by atoms with Crippen LogP contribution in [0.2, 0.25) is 0 Å². The van der Waals surface area contributed by atoms with E-state index in [-0.39, 0.29) is 18.6 Å². The Morgan fingerprint density at radius 2 is 2.21 bits per heavy atom. The summed E-state index contributed by atoms with van der Waals surface area (Å²) in [6, 6.07) is 5.99. The molecule has 0 aromatic heterocycles. The van der Waals surface area contributed by atoms with Crippen molar-refractivity contribution in [2.75, 3.05) is 20.2 Å². The van der Waals surface area contributed by atoms with E-state index in [9.17, 15) is 4.79 Å². The minimum atomic E-state index is -0.136. The Morgan fingerprint density at radius 3 is 2.84 bits per heavy atom. The van der Waals surface area contributed by atoms with Gasteiger partial charge < -0.3 is 15.4 Å². The maximum atomic E-state index is 11.2. The molecule has 0 aliphatic heterocycles. The van der Waals surface area contributed by atoms with Gasteiger partial charge in [-0.1, -0.05) is 22.9 Å². The number of rotatable bonds is 7. The lowest BCUT2D eigenvalue weighted by atomic mass is 10.1. The minimum absolute atomic E-state index is 0.0334. The van der Waals surface area contributed by atoms with Crippen LogP contribution in [0.1, 0.15) is 31.9 Å². The summed E-state index contributed by atoms with van der Waals surface area (Å²) >= 11 is 3.46. The molecule has 19 heavy (non-hydrogen) atoms. The van der Waals surface area contributed by atoms with E-state index >= 15 is 0 Å². The molecule has 0 bridgehead atoms. The quantitative estimate of drug-likeness (QED) is 0.809. The van der Waals surface area contributed by atoms with Gasteiger partial charge in [0.15, 0.2) is 6.61 Å². The second-order valence-corrected chi connectivity index (χ2v) is 5.24. The third-order valence-electron chi connectivity index (χ3n) is 2.78. The molecule has 1 atom stereocenters. The third-order valence-corrected chi connectivity index (χ3v) is 3.27. The zero-order valence-corrected chi connectivity index (χ0v) is 13.2. The van der Waals surface area contributed by atoms with E-state index in [1.807, 2.05) is 18.2 Å². The Bertz CT molecular complexity index is 424. The highest BCUT2D eigenvalue weighted by molar-refractivity contribution is 9.10. The molecule has 0 radical (unpaired) electrons. The number of nitrogens with one attached hydrogen (secondary N) is 2. The predicted octanol–water partition coefficient (Wildman–Crippen LogP) is 2.63. The highest BCUT2D eigenvalue weighted by atomic mass is 79.9. The van der Waals surface area contributed by atoms with E-state index < -0.39 is 0 Å². The van der Waals surface area contributed by atoms with Gasteiger partial charge in [0.2, 0.25) is 0 Å². The number of carbonyl (C=O) groups is 1. The van der Waals surface area contributed by atoms with Crippen molar-refractivity contribution in [3.05, 3.63) is 28.2 Å². The molecule has 1 amide bonds. The van der Waals surface area contributed by atoms with E-state index in [0.717, 1.165) is 28.8 Å². The Kier molecular flexibility index (Phi) is 6.87. The van der Waals surface area contributed by atoms with Crippen LogP contribution in [0.4, 0.5) is 0 Å². The van der Waals surface area contributed by atoms with Gasteiger partial charge >= 0.3 is 0 Å². The van der Waals surface area contributed by atoms with Gasteiger partial charge in [-0.2, -0.15) is 0 Å². The van der Waals surface area contributed by atoms with Crippen LogP contribution in [-0.2, 0) is 4.79 Å². The summed E-state index contributed by atoms with van der Waals surface area (Å²) in [5, 5.41) is 5.96. The zero-order chi connectivity index (χ0) is 14.3. The smallest absolute Gasteiger partial charge is 0.257 e. The van der Waals surface area contributed by atoms with Gasteiger partial charge in [-0.3, -0.25) is 4.79 Å². The van der Waals surface area contributed by atoms with E-state index in [2.05, 4.69) is 40.4 Å². The van der Waals surface area contributed by atoms with Gasteiger partial charge in [-0.25, -0.2) is 0 Å². The van der Waals surface area contributed by atoms with Crippen molar-refractivity contribution in [2.45, 2.75) is 26.3 Å². The first-order valence-electron chi connectivity index (χ1n) is 6.44. The summed E-state index contributed by atoms with van der Waals surface area (Å²) < 4.78 is 6.57. The molecule has 1 unspecified atom stereocenters. The average molecular weight is 329 g/mol. The fourth-order valence-corrected chi connectivity index (χ4v) is 2.05. The molecule has 0 saturated heterocycles. The molecule has 2 N–H and O–H groups in total. The fraction of sp³-hybridized carbons (Fsp3) is 0.500. The number of likely N-dealkylation sites (N-methyl/N-ethyl adjacent to an activating group) is 1. The van der Waals surface area contributed by atoms with Crippen LogP contribution >= 0.6 is 15.9 Å². The SMILES string of the molecule is CCCNC(C)c1cc(Br)ccc1OCC(=O)NC. The molecule has 0 aliphatic carbocycles. The monoisotopic (exact) mass is 328 g/mol. The molecule has 0 aliphatic rings. The van der Waals surface area contributed by atoms with E-state index in [1.165, 1.54) is 0 Å². The van der Waals surface area contributed by atoms with Gasteiger partial charge in [-0.05, 0) is 38.1 Å². The lowest BCUT2D eigenvalue weighted by Crippen LogP contribution is -2.26. The molecule has 0 heterocycles. The number of amides is 1. The maximum Gasteiger partial charge on any atom is 0.257 e. The largest absolute Gasteiger partial charge is 0.483 e. The van der Waals surface area contributed by atoms with Crippen molar-refractivity contribution < 1.29 is 9.53 Å². The first-order valence-corrected chi connectivity index (χ1v) is 7.24. The summed E-state index contributed by atoms with van der Waals surface area (Å²) in [6.07, 6.45) is 1.08. The lowest BCUT2D eigenvalue weighted by Gasteiger charge is -2.18. The maximum absolute atomic E-state index is 11.2. The molecular formula is C14H21BrN2O2. The Balaban J connectivity index is 2.81. The second kappa shape index (κ2) is 8.17. The predicted molar refractivity (Wildman–Crippen MR) is 80.4 cm³/mol. The minimum Gasteiger partial charge on any atom is -0.483 e. The highest BCUT2D eigenvalue weighted by Gasteiger charge is 2.12. The first-order chi connectivity index (χ1) is 9.08. The number of hydrogen-bond donors (Lipinski definition) is 2. The molecular weight excluding hydrogens is 308 g/mol. The molecule has 1 rings (SSSR count). The van der Waals surface area contributed by atoms with Crippen LogP contribution in [0.25, 0.3) is 0 Å². The van der Waals surface area contributed by atoms with Crippen LogP contribution in [0.15, 0.2) is 22.7 Å². The van der Waals surface area contributed by atoms with Crippen molar-refractivity contribution >= 4 is 21.8 Å². The summed E-state index contributed by atoms with van der Waals surface area (Å²) in [7, 11) is 1.60. The number of halogens is 1. The van der Waals surface area contributed by atoms with Crippen molar-refractivity contribution in [3.8, 4) is 5.75 Å². The first kappa shape index (κ1) is 16.0. The number of hydrogen-bond acceptors (Lipinski definition) is 3. The summed E-state index contributed by atoms with van der Waals surface area (Å²) in [6.45, 7) is 5.20. The standard InChI is InChI=1S/C14H21BrN2O2/c1-4-7-17-10(2)12-8-11(15)5-6-13(12)19-9-14(18)16-3/h5-6,8,10,17H,4,7,9H2,1-3H3,(H,16,18).